The molecule has 1 saturated heterocycles. The molecule has 4 heterocycles. The Morgan fingerprint density at radius 2 is 2.00 bits per heavy atom. The normalized spacial score (nSPS) is 20.8. The fourth-order valence-corrected chi connectivity index (χ4v) is 5.89. The summed E-state index contributed by atoms with van der Waals surface area (Å²) >= 11 is 1.47. The van der Waals surface area contributed by atoms with Gasteiger partial charge in [-0.05, 0) is 61.2 Å². The van der Waals surface area contributed by atoms with Crippen molar-refractivity contribution in [3.63, 3.8) is 0 Å². The maximum Gasteiger partial charge on any atom is 0.414 e. The van der Waals surface area contributed by atoms with Crippen molar-refractivity contribution in [2.45, 2.75) is 29.9 Å². The zero-order valence-corrected chi connectivity index (χ0v) is 19.6. The molecule has 3 aromatic rings. The molecular formula is C25H23FN4O4S. The highest BCUT2D eigenvalue weighted by atomic mass is 32.2. The third-order valence-corrected chi connectivity index (χ3v) is 7.82. The number of carbonyl (C=O) groups excluding carboxylic acids is 2. The SMILES string of the molecule is O=C1CSc2ccc(N3C[C@H](CCNC[C@@H]4Cc5c(F)ccc6ccc(=O)n4c56)OC3=O)cc2N1. The van der Waals surface area contributed by atoms with Crippen molar-refractivity contribution in [3.05, 3.63) is 64.2 Å². The molecule has 0 spiro atoms. The molecule has 35 heavy (non-hydrogen) atoms. The summed E-state index contributed by atoms with van der Waals surface area (Å²) in [6.07, 6.45) is 0.380. The van der Waals surface area contributed by atoms with Gasteiger partial charge in [0.1, 0.15) is 11.9 Å². The number of nitrogens with one attached hydrogen (secondary N) is 2. The smallest absolute Gasteiger partial charge is 0.414 e. The number of aromatic nitrogens is 1. The van der Waals surface area contributed by atoms with E-state index in [-0.39, 0.29) is 29.4 Å². The maximum atomic E-state index is 14.4. The number of anilines is 2. The van der Waals surface area contributed by atoms with E-state index in [0.29, 0.717) is 60.7 Å². The predicted octanol–water partition coefficient (Wildman–Crippen LogP) is 3.29. The summed E-state index contributed by atoms with van der Waals surface area (Å²) in [6.45, 7) is 1.52. The highest BCUT2D eigenvalue weighted by molar-refractivity contribution is 8.00. The molecule has 1 fully saturated rings. The predicted molar refractivity (Wildman–Crippen MR) is 132 cm³/mol. The van der Waals surface area contributed by atoms with Crippen LogP contribution in [0.3, 0.4) is 0 Å². The van der Waals surface area contributed by atoms with Gasteiger partial charge in [-0.15, -0.1) is 11.8 Å². The molecule has 3 aliphatic rings. The van der Waals surface area contributed by atoms with Gasteiger partial charge in [0.25, 0.3) is 5.56 Å². The molecule has 0 bridgehead atoms. The zero-order valence-electron chi connectivity index (χ0n) is 18.8. The fourth-order valence-electron chi connectivity index (χ4n) is 5.10. The molecule has 2 atom stereocenters. The molecule has 0 aliphatic carbocycles. The lowest BCUT2D eigenvalue weighted by atomic mass is 10.1. The minimum atomic E-state index is -0.412. The van der Waals surface area contributed by atoms with Crippen molar-refractivity contribution in [3.8, 4) is 0 Å². The van der Waals surface area contributed by atoms with E-state index >= 15 is 0 Å². The average Bonchev–Trinajstić information content (AvgIpc) is 3.42. The summed E-state index contributed by atoms with van der Waals surface area (Å²) < 4.78 is 21.6. The fraction of sp³-hybridized carbons (Fsp3) is 0.320. The van der Waals surface area contributed by atoms with E-state index in [0.717, 1.165) is 10.3 Å². The summed E-state index contributed by atoms with van der Waals surface area (Å²) in [4.78, 5) is 39.2. The summed E-state index contributed by atoms with van der Waals surface area (Å²) in [5.41, 5.74) is 2.54. The first-order valence-corrected chi connectivity index (χ1v) is 12.5. The molecule has 10 heteroatoms. The molecule has 0 saturated carbocycles. The van der Waals surface area contributed by atoms with Gasteiger partial charge in [0.05, 0.1) is 29.5 Å². The van der Waals surface area contributed by atoms with Crippen LogP contribution in [-0.2, 0) is 16.0 Å². The molecule has 6 rings (SSSR count). The Balaban J connectivity index is 1.06. The molecule has 2 N–H and O–H groups in total. The number of pyridine rings is 1. The summed E-state index contributed by atoms with van der Waals surface area (Å²) in [5, 5.41) is 7.06. The molecule has 2 aromatic carbocycles. The zero-order chi connectivity index (χ0) is 24.1. The highest BCUT2D eigenvalue weighted by Crippen LogP contribution is 2.36. The maximum absolute atomic E-state index is 14.4. The Bertz CT molecular complexity index is 1420. The van der Waals surface area contributed by atoms with Crippen molar-refractivity contribution in [1.29, 1.82) is 0 Å². The van der Waals surface area contributed by atoms with Gasteiger partial charge < -0.3 is 19.9 Å². The number of nitrogens with zero attached hydrogens (tertiary/aromatic N) is 2. The van der Waals surface area contributed by atoms with Crippen molar-refractivity contribution in [1.82, 2.24) is 9.88 Å². The lowest BCUT2D eigenvalue weighted by molar-refractivity contribution is -0.113. The second kappa shape index (κ2) is 8.69. The van der Waals surface area contributed by atoms with Crippen LogP contribution in [0.2, 0.25) is 0 Å². The average molecular weight is 495 g/mol. The first-order valence-electron chi connectivity index (χ1n) is 11.6. The lowest BCUT2D eigenvalue weighted by Crippen LogP contribution is -2.32. The standard InChI is InChI=1S/C25H23FN4O4S/c26-19-4-1-14-2-6-23(32)30-16(9-18(19)24(14)30)11-27-8-7-17-12-29(25(33)34-17)15-3-5-21-20(10-15)28-22(31)13-35-21/h1-6,10,16-17,27H,7-9,11-13H2,(H,28,31)/t16-,17-/m0/s1. The largest absolute Gasteiger partial charge is 0.444 e. The summed E-state index contributed by atoms with van der Waals surface area (Å²) in [6, 6.07) is 11.8. The van der Waals surface area contributed by atoms with Gasteiger partial charge in [-0.25, -0.2) is 9.18 Å². The van der Waals surface area contributed by atoms with Gasteiger partial charge >= 0.3 is 6.09 Å². The van der Waals surface area contributed by atoms with E-state index < -0.39 is 6.09 Å². The number of halogens is 1. The molecule has 1 aromatic heterocycles. The minimum absolute atomic E-state index is 0.0563. The van der Waals surface area contributed by atoms with Crippen LogP contribution in [0.5, 0.6) is 0 Å². The van der Waals surface area contributed by atoms with Crippen LogP contribution in [0.15, 0.2) is 52.2 Å². The van der Waals surface area contributed by atoms with Gasteiger partial charge in [-0.3, -0.25) is 14.5 Å². The van der Waals surface area contributed by atoms with E-state index in [1.165, 1.54) is 23.9 Å². The third-order valence-electron chi connectivity index (χ3n) is 6.75. The number of thioether (sulfide) groups is 1. The number of fused-ring (bicyclic) bond motifs is 1. The van der Waals surface area contributed by atoms with Gasteiger partial charge in [-0.1, -0.05) is 0 Å². The summed E-state index contributed by atoms with van der Waals surface area (Å²) in [7, 11) is 0. The molecule has 180 valence electrons. The number of ether oxygens (including phenoxy) is 1. The number of hydrogen-bond acceptors (Lipinski definition) is 6. The Morgan fingerprint density at radius 1 is 1.14 bits per heavy atom. The Hall–Kier alpha value is -3.37. The van der Waals surface area contributed by atoms with E-state index in [1.807, 2.05) is 12.1 Å². The van der Waals surface area contributed by atoms with Crippen LogP contribution in [0.25, 0.3) is 10.9 Å². The molecule has 0 unspecified atom stereocenters. The highest BCUT2D eigenvalue weighted by Gasteiger charge is 2.33. The number of rotatable bonds is 6. The van der Waals surface area contributed by atoms with Crippen LogP contribution < -0.4 is 21.1 Å². The van der Waals surface area contributed by atoms with Crippen molar-refractivity contribution in [2.24, 2.45) is 0 Å². The van der Waals surface area contributed by atoms with Crippen LogP contribution >= 0.6 is 11.8 Å². The van der Waals surface area contributed by atoms with E-state index in [1.54, 1.807) is 27.7 Å². The Kier molecular flexibility index (Phi) is 5.49. The first-order chi connectivity index (χ1) is 17.0. The van der Waals surface area contributed by atoms with Gasteiger partial charge in [-0.2, -0.15) is 0 Å². The molecular weight excluding hydrogens is 471 g/mol. The van der Waals surface area contributed by atoms with Gasteiger partial charge in [0.15, 0.2) is 0 Å². The number of benzene rings is 2. The van der Waals surface area contributed by atoms with Crippen LogP contribution in [-0.4, -0.2) is 48.1 Å². The van der Waals surface area contributed by atoms with Crippen LogP contribution in [0, 0.1) is 5.82 Å². The molecule has 2 amide bonds. The number of carbonyl (C=O) groups is 2. The van der Waals surface area contributed by atoms with E-state index in [2.05, 4.69) is 10.6 Å². The molecule has 3 aliphatic heterocycles. The van der Waals surface area contributed by atoms with Gasteiger partial charge in [0, 0.05) is 28.8 Å². The third kappa shape index (κ3) is 3.96. The van der Waals surface area contributed by atoms with Crippen molar-refractivity contribution < 1.29 is 18.7 Å². The molecule has 0 radical (unpaired) electrons. The van der Waals surface area contributed by atoms with E-state index in [9.17, 15) is 18.8 Å². The summed E-state index contributed by atoms with van der Waals surface area (Å²) in [5.74, 6) is 0.0515. The van der Waals surface area contributed by atoms with Crippen molar-refractivity contribution in [2.75, 3.05) is 35.6 Å². The Labute approximate surface area is 204 Å². The lowest BCUT2D eigenvalue weighted by Gasteiger charge is -2.20. The van der Waals surface area contributed by atoms with Crippen molar-refractivity contribution >= 4 is 46.0 Å². The second-order valence-electron chi connectivity index (χ2n) is 8.99. The molecule has 8 nitrogen and oxygen atoms in total. The minimum Gasteiger partial charge on any atom is -0.444 e. The second-order valence-corrected chi connectivity index (χ2v) is 10.0. The van der Waals surface area contributed by atoms with Crippen LogP contribution in [0.4, 0.5) is 20.6 Å². The van der Waals surface area contributed by atoms with Gasteiger partial charge in [0.2, 0.25) is 5.91 Å². The first kappa shape index (κ1) is 22.1. The van der Waals surface area contributed by atoms with E-state index in [4.69, 9.17) is 4.74 Å². The topological polar surface area (TPSA) is 92.7 Å². The number of amides is 2. The number of cyclic esters (lactones) is 1. The number of hydrogen-bond donors (Lipinski definition) is 2. The monoisotopic (exact) mass is 494 g/mol. The Morgan fingerprint density at radius 3 is 2.89 bits per heavy atom. The quantitative estimate of drug-likeness (QED) is 0.511. The van der Waals surface area contributed by atoms with Crippen LogP contribution in [0.1, 0.15) is 18.0 Å².